The largest absolute Gasteiger partial charge is 0.383 e. The van der Waals surface area contributed by atoms with E-state index in [2.05, 4.69) is 5.32 Å². The number of amides is 2. The highest BCUT2D eigenvalue weighted by Gasteiger charge is 2.52. The van der Waals surface area contributed by atoms with Crippen LogP contribution in [-0.2, 0) is 14.3 Å². The summed E-state index contributed by atoms with van der Waals surface area (Å²) in [6.45, 7) is 2.54. The van der Waals surface area contributed by atoms with Gasteiger partial charge in [-0.05, 0) is 19.8 Å². The van der Waals surface area contributed by atoms with Gasteiger partial charge in [0.05, 0.1) is 19.2 Å². The topological polar surface area (TPSA) is 58.6 Å². The number of nitrogens with zero attached hydrogens (tertiary/aromatic N) is 1. The van der Waals surface area contributed by atoms with Crippen LogP contribution in [-0.4, -0.2) is 48.6 Å². The van der Waals surface area contributed by atoms with E-state index in [4.69, 9.17) is 4.74 Å². The fourth-order valence-corrected chi connectivity index (χ4v) is 3.16. The number of ether oxygens (including phenoxy) is 1. The van der Waals surface area contributed by atoms with Gasteiger partial charge in [0.1, 0.15) is 5.54 Å². The molecule has 2 rings (SSSR count). The van der Waals surface area contributed by atoms with E-state index in [1.54, 1.807) is 12.0 Å². The lowest BCUT2D eigenvalue weighted by Crippen LogP contribution is -2.68. The van der Waals surface area contributed by atoms with Crippen molar-refractivity contribution in [2.24, 2.45) is 0 Å². The number of piperazine rings is 1. The zero-order valence-electron chi connectivity index (χ0n) is 10.5. The summed E-state index contributed by atoms with van der Waals surface area (Å²) in [6.07, 6.45) is 3.57. The molecule has 0 aromatic rings. The first kappa shape index (κ1) is 12.4. The molecule has 0 aromatic heterocycles. The van der Waals surface area contributed by atoms with Crippen LogP contribution in [0.25, 0.3) is 0 Å². The fourth-order valence-electron chi connectivity index (χ4n) is 3.16. The SMILES string of the molecule is COCC(C)N1C(=O)CNC(=O)C12CCCC2. The Morgan fingerprint density at radius 2 is 2.06 bits per heavy atom. The second-order valence-electron chi connectivity index (χ2n) is 4.99. The Hall–Kier alpha value is -1.10. The summed E-state index contributed by atoms with van der Waals surface area (Å²) in [5, 5.41) is 2.72. The molecule has 1 saturated carbocycles. The summed E-state index contributed by atoms with van der Waals surface area (Å²) in [7, 11) is 1.62. The first-order valence-electron chi connectivity index (χ1n) is 6.21. The predicted octanol–water partition coefficient (Wildman–Crippen LogP) is 0.292. The third kappa shape index (κ3) is 1.92. The van der Waals surface area contributed by atoms with Crippen LogP contribution in [0, 0.1) is 0 Å². The van der Waals surface area contributed by atoms with Crippen molar-refractivity contribution < 1.29 is 14.3 Å². The molecule has 0 aromatic carbocycles. The molecule has 2 aliphatic rings. The molecule has 5 nitrogen and oxygen atoms in total. The van der Waals surface area contributed by atoms with Gasteiger partial charge in [-0.1, -0.05) is 12.8 Å². The van der Waals surface area contributed by atoms with E-state index in [9.17, 15) is 9.59 Å². The summed E-state index contributed by atoms with van der Waals surface area (Å²) in [4.78, 5) is 26.0. The summed E-state index contributed by atoms with van der Waals surface area (Å²) >= 11 is 0. The van der Waals surface area contributed by atoms with E-state index in [1.165, 1.54) is 0 Å². The molecule has 2 amide bonds. The quantitative estimate of drug-likeness (QED) is 0.771. The molecule has 1 aliphatic heterocycles. The second kappa shape index (κ2) is 4.64. The molecule has 1 unspecified atom stereocenters. The average Bonchev–Trinajstić information content (AvgIpc) is 2.75. The van der Waals surface area contributed by atoms with Gasteiger partial charge in [0.2, 0.25) is 11.8 Å². The van der Waals surface area contributed by atoms with E-state index in [0.717, 1.165) is 25.7 Å². The van der Waals surface area contributed by atoms with Gasteiger partial charge in [0.25, 0.3) is 0 Å². The minimum Gasteiger partial charge on any atom is -0.383 e. The average molecular weight is 240 g/mol. The molecule has 2 fully saturated rings. The highest BCUT2D eigenvalue weighted by molar-refractivity contribution is 5.98. The van der Waals surface area contributed by atoms with Gasteiger partial charge in [-0.15, -0.1) is 0 Å². The minimum absolute atomic E-state index is 0.0102. The van der Waals surface area contributed by atoms with Gasteiger partial charge in [-0.3, -0.25) is 9.59 Å². The molecule has 5 heteroatoms. The van der Waals surface area contributed by atoms with Crippen LogP contribution in [0.5, 0.6) is 0 Å². The van der Waals surface area contributed by atoms with Crippen LogP contribution in [0.4, 0.5) is 0 Å². The van der Waals surface area contributed by atoms with E-state index < -0.39 is 5.54 Å². The summed E-state index contributed by atoms with van der Waals surface area (Å²) in [6, 6.07) is -0.0448. The van der Waals surface area contributed by atoms with Crippen LogP contribution >= 0.6 is 0 Å². The minimum atomic E-state index is -0.604. The monoisotopic (exact) mass is 240 g/mol. The Labute approximate surface area is 101 Å². The van der Waals surface area contributed by atoms with Gasteiger partial charge in [-0.25, -0.2) is 0 Å². The molecule has 1 saturated heterocycles. The molecule has 1 N–H and O–H groups in total. The van der Waals surface area contributed by atoms with E-state index in [1.807, 2.05) is 6.92 Å². The number of hydrogen-bond acceptors (Lipinski definition) is 3. The third-order valence-corrected chi connectivity index (χ3v) is 3.83. The van der Waals surface area contributed by atoms with Gasteiger partial charge in [-0.2, -0.15) is 0 Å². The predicted molar refractivity (Wildman–Crippen MR) is 62.4 cm³/mol. The molecule has 1 aliphatic carbocycles. The van der Waals surface area contributed by atoms with E-state index in [-0.39, 0.29) is 24.4 Å². The van der Waals surface area contributed by atoms with Crippen molar-refractivity contribution in [3.05, 3.63) is 0 Å². The molecule has 1 spiro atoms. The number of rotatable bonds is 3. The molecule has 17 heavy (non-hydrogen) atoms. The maximum atomic E-state index is 12.1. The van der Waals surface area contributed by atoms with Crippen LogP contribution < -0.4 is 5.32 Å². The number of hydrogen-bond donors (Lipinski definition) is 1. The maximum Gasteiger partial charge on any atom is 0.246 e. The molecule has 1 heterocycles. The lowest BCUT2D eigenvalue weighted by atomic mass is 9.90. The Kier molecular flexibility index (Phi) is 3.38. The first-order valence-corrected chi connectivity index (χ1v) is 6.21. The summed E-state index contributed by atoms with van der Waals surface area (Å²) in [5.74, 6) is 0.0219. The van der Waals surface area contributed by atoms with Gasteiger partial charge in [0.15, 0.2) is 0 Å². The molecule has 0 bridgehead atoms. The Morgan fingerprint density at radius 1 is 1.41 bits per heavy atom. The van der Waals surface area contributed by atoms with Crippen LogP contribution in [0.15, 0.2) is 0 Å². The van der Waals surface area contributed by atoms with E-state index >= 15 is 0 Å². The highest BCUT2D eigenvalue weighted by atomic mass is 16.5. The molecule has 1 atom stereocenters. The van der Waals surface area contributed by atoms with Gasteiger partial charge < -0.3 is 15.0 Å². The molecule has 96 valence electrons. The number of carbonyl (C=O) groups excluding carboxylic acids is 2. The number of carbonyl (C=O) groups is 2. The van der Waals surface area contributed by atoms with Gasteiger partial charge >= 0.3 is 0 Å². The smallest absolute Gasteiger partial charge is 0.246 e. The van der Waals surface area contributed by atoms with E-state index in [0.29, 0.717) is 6.61 Å². The Bertz CT molecular complexity index is 324. The lowest BCUT2D eigenvalue weighted by Gasteiger charge is -2.46. The lowest BCUT2D eigenvalue weighted by molar-refractivity contribution is -0.158. The maximum absolute atomic E-state index is 12.1. The Morgan fingerprint density at radius 3 is 2.65 bits per heavy atom. The first-order chi connectivity index (χ1) is 8.12. The van der Waals surface area contributed by atoms with Gasteiger partial charge in [0, 0.05) is 7.11 Å². The third-order valence-electron chi connectivity index (χ3n) is 3.83. The van der Waals surface area contributed by atoms with Crippen molar-refractivity contribution in [1.29, 1.82) is 0 Å². The van der Waals surface area contributed by atoms with Crippen LogP contribution in [0.2, 0.25) is 0 Å². The molecular weight excluding hydrogens is 220 g/mol. The zero-order chi connectivity index (χ0) is 12.5. The standard InChI is InChI=1S/C12H20N2O3/c1-9(8-17-2)14-10(15)7-13-11(16)12(14)5-3-4-6-12/h9H,3-8H2,1-2H3,(H,13,16). The summed E-state index contributed by atoms with van der Waals surface area (Å²) < 4.78 is 5.12. The van der Waals surface area contributed by atoms with Crippen LogP contribution in [0.1, 0.15) is 32.6 Å². The number of methoxy groups -OCH3 is 1. The zero-order valence-corrected chi connectivity index (χ0v) is 10.5. The molecular formula is C12H20N2O3. The van der Waals surface area contributed by atoms with Crippen LogP contribution in [0.3, 0.4) is 0 Å². The van der Waals surface area contributed by atoms with Crippen molar-refractivity contribution in [3.63, 3.8) is 0 Å². The number of nitrogens with one attached hydrogen (secondary N) is 1. The normalized spacial score (nSPS) is 25.2. The van der Waals surface area contributed by atoms with Crippen molar-refractivity contribution in [1.82, 2.24) is 10.2 Å². The van der Waals surface area contributed by atoms with Crippen molar-refractivity contribution in [3.8, 4) is 0 Å². The Balaban J connectivity index is 2.28. The molecule has 0 radical (unpaired) electrons. The highest BCUT2D eigenvalue weighted by Crippen LogP contribution is 2.38. The fraction of sp³-hybridized carbons (Fsp3) is 0.833. The van der Waals surface area contributed by atoms with Crippen molar-refractivity contribution in [2.75, 3.05) is 20.3 Å². The van der Waals surface area contributed by atoms with Crippen molar-refractivity contribution >= 4 is 11.8 Å². The van der Waals surface area contributed by atoms with Crippen molar-refractivity contribution in [2.45, 2.75) is 44.2 Å². The summed E-state index contributed by atoms with van der Waals surface area (Å²) in [5.41, 5.74) is -0.604. The second-order valence-corrected chi connectivity index (χ2v) is 4.99.